The average Bonchev–Trinajstić information content (AvgIpc) is 2.79. The van der Waals surface area contributed by atoms with Crippen molar-refractivity contribution in [3.05, 3.63) is 60.1 Å². The smallest absolute Gasteiger partial charge is 0.233 e. The first kappa shape index (κ1) is 15.9. The molecule has 0 spiro atoms. The van der Waals surface area contributed by atoms with Gasteiger partial charge in [0.15, 0.2) is 11.5 Å². The Morgan fingerprint density at radius 3 is 2.27 bits per heavy atom. The summed E-state index contributed by atoms with van der Waals surface area (Å²) in [5.41, 5.74) is 0.928. The number of allylic oxidation sites excluding steroid dienone is 1. The van der Waals surface area contributed by atoms with Gasteiger partial charge in [-0.2, -0.15) is 0 Å². The minimum Gasteiger partial charge on any atom is -0.506 e. The molecule has 1 aliphatic heterocycles. The van der Waals surface area contributed by atoms with Crippen molar-refractivity contribution in [1.82, 2.24) is 0 Å². The summed E-state index contributed by atoms with van der Waals surface area (Å²) in [5, 5.41) is 10.3. The third-order valence-corrected chi connectivity index (χ3v) is 4.88. The Kier molecular flexibility index (Phi) is 4.25. The van der Waals surface area contributed by atoms with Crippen molar-refractivity contribution in [2.75, 3.05) is 0 Å². The Morgan fingerprint density at radius 2 is 1.68 bits per heavy atom. The van der Waals surface area contributed by atoms with E-state index in [0.29, 0.717) is 24.6 Å². The van der Waals surface area contributed by atoms with E-state index in [2.05, 4.69) is 31.9 Å². The fourth-order valence-corrected chi connectivity index (χ4v) is 3.69. The standard InChI is InChI=1S/C15H6Br2Cl2O3/c16-7-3-6(4-8(17)13(7)20)5-11-14(21)12-9(18)1-2-10(19)15(12)22-11/h1-5,20H. The van der Waals surface area contributed by atoms with Gasteiger partial charge in [0.1, 0.15) is 5.75 Å². The molecule has 0 unspecified atom stereocenters. The lowest BCUT2D eigenvalue weighted by atomic mass is 10.1. The van der Waals surface area contributed by atoms with Gasteiger partial charge in [-0.05, 0) is 67.8 Å². The first-order valence-electron chi connectivity index (χ1n) is 5.98. The van der Waals surface area contributed by atoms with Crippen LogP contribution in [0.15, 0.2) is 39.0 Å². The Morgan fingerprint density at radius 1 is 1.09 bits per heavy atom. The predicted molar refractivity (Wildman–Crippen MR) is 92.9 cm³/mol. The summed E-state index contributed by atoms with van der Waals surface area (Å²) in [6, 6.07) is 6.46. The number of ether oxygens (including phenoxy) is 1. The van der Waals surface area contributed by atoms with E-state index in [9.17, 15) is 9.90 Å². The van der Waals surface area contributed by atoms with Crippen LogP contribution in [0.2, 0.25) is 10.0 Å². The van der Waals surface area contributed by atoms with Gasteiger partial charge in [0.05, 0.1) is 24.6 Å². The number of carbonyl (C=O) groups is 1. The number of hydrogen-bond acceptors (Lipinski definition) is 3. The van der Waals surface area contributed by atoms with Gasteiger partial charge in [-0.25, -0.2) is 0 Å². The van der Waals surface area contributed by atoms with Gasteiger partial charge in [0.25, 0.3) is 0 Å². The maximum absolute atomic E-state index is 12.4. The molecule has 0 amide bonds. The molecular weight excluding hydrogens is 459 g/mol. The molecular formula is C15H6Br2Cl2O3. The van der Waals surface area contributed by atoms with Gasteiger partial charge in [-0.15, -0.1) is 0 Å². The molecule has 3 nitrogen and oxygen atoms in total. The summed E-state index contributed by atoms with van der Waals surface area (Å²) in [7, 11) is 0. The minimum atomic E-state index is -0.331. The molecule has 0 aromatic heterocycles. The van der Waals surface area contributed by atoms with Crippen LogP contribution in [0.5, 0.6) is 11.5 Å². The number of fused-ring (bicyclic) bond motifs is 1. The van der Waals surface area contributed by atoms with Crippen molar-refractivity contribution in [3.8, 4) is 11.5 Å². The second-order valence-electron chi connectivity index (χ2n) is 4.51. The number of halogens is 4. The first-order chi connectivity index (χ1) is 10.4. The predicted octanol–water partition coefficient (Wildman–Crippen LogP) is 5.84. The number of rotatable bonds is 1. The number of Topliss-reactive ketones (excluding diaryl/α,β-unsaturated/α-hetero) is 1. The minimum absolute atomic E-state index is 0.0789. The zero-order valence-corrected chi connectivity index (χ0v) is 15.3. The highest BCUT2D eigenvalue weighted by Gasteiger charge is 2.31. The lowest BCUT2D eigenvalue weighted by molar-refractivity contribution is 0.101. The second-order valence-corrected chi connectivity index (χ2v) is 7.03. The van der Waals surface area contributed by atoms with Crippen LogP contribution in [-0.2, 0) is 0 Å². The third kappa shape index (κ3) is 2.67. The molecule has 0 saturated heterocycles. The van der Waals surface area contributed by atoms with Crippen LogP contribution in [0.1, 0.15) is 15.9 Å². The van der Waals surface area contributed by atoms with Gasteiger partial charge in [-0.3, -0.25) is 4.79 Å². The molecule has 7 heteroatoms. The first-order valence-corrected chi connectivity index (χ1v) is 8.33. The number of aromatic hydroxyl groups is 1. The monoisotopic (exact) mass is 462 g/mol. The highest BCUT2D eigenvalue weighted by Crippen LogP contribution is 2.42. The highest BCUT2D eigenvalue weighted by atomic mass is 79.9. The molecule has 0 fully saturated rings. The molecule has 0 bridgehead atoms. The van der Waals surface area contributed by atoms with E-state index in [-0.39, 0.29) is 28.6 Å². The van der Waals surface area contributed by atoms with E-state index in [4.69, 9.17) is 27.9 Å². The largest absolute Gasteiger partial charge is 0.506 e. The van der Waals surface area contributed by atoms with Crippen molar-refractivity contribution in [1.29, 1.82) is 0 Å². The Bertz CT molecular complexity index is 824. The molecule has 0 atom stereocenters. The van der Waals surface area contributed by atoms with Gasteiger partial charge < -0.3 is 9.84 Å². The van der Waals surface area contributed by atoms with Gasteiger partial charge >= 0.3 is 0 Å². The highest BCUT2D eigenvalue weighted by molar-refractivity contribution is 9.11. The fraction of sp³-hybridized carbons (Fsp3) is 0. The molecule has 1 aliphatic rings. The quantitative estimate of drug-likeness (QED) is 0.539. The van der Waals surface area contributed by atoms with E-state index in [0.717, 1.165) is 0 Å². The van der Waals surface area contributed by atoms with E-state index >= 15 is 0 Å². The van der Waals surface area contributed by atoms with Crippen LogP contribution < -0.4 is 4.74 Å². The summed E-state index contributed by atoms with van der Waals surface area (Å²) in [6.45, 7) is 0. The van der Waals surface area contributed by atoms with Crippen LogP contribution in [0.25, 0.3) is 6.08 Å². The summed E-state index contributed by atoms with van der Waals surface area (Å²) in [5.74, 6) is 0.134. The molecule has 0 radical (unpaired) electrons. The molecule has 2 aromatic rings. The zero-order chi connectivity index (χ0) is 16.0. The third-order valence-electron chi connectivity index (χ3n) is 3.06. The summed E-state index contributed by atoms with van der Waals surface area (Å²) >= 11 is 18.5. The average molecular weight is 465 g/mol. The van der Waals surface area contributed by atoms with Crippen molar-refractivity contribution in [2.45, 2.75) is 0 Å². The van der Waals surface area contributed by atoms with Crippen molar-refractivity contribution in [3.63, 3.8) is 0 Å². The van der Waals surface area contributed by atoms with Gasteiger partial charge in [0, 0.05) is 0 Å². The molecule has 22 heavy (non-hydrogen) atoms. The van der Waals surface area contributed by atoms with Crippen LogP contribution in [0.3, 0.4) is 0 Å². The molecule has 1 N–H and O–H groups in total. The maximum atomic E-state index is 12.4. The number of benzene rings is 2. The number of hydrogen-bond donors (Lipinski definition) is 1. The zero-order valence-electron chi connectivity index (χ0n) is 10.7. The SMILES string of the molecule is O=C1C(=Cc2cc(Br)c(O)c(Br)c2)Oc2c(Cl)ccc(Cl)c21. The summed E-state index contributed by atoms with van der Waals surface area (Å²) in [4.78, 5) is 12.4. The number of phenols is 1. The normalized spacial score (nSPS) is 15.1. The lowest BCUT2D eigenvalue weighted by Gasteiger charge is -2.04. The topological polar surface area (TPSA) is 46.5 Å². The van der Waals surface area contributed by atoms with Gasteiger partial charge in [-0.1, -0.05) is 23.2 Å². The Balaban J connectivity index is 2.07. The summed E-state index contributed by atoms with van der Waals surface area (Å²) < 4.78 is 6.53. The van der Waals surface area contributed by atoms with E-state index in [1.165, 1.54) is 0 Å². The molecule has 0 aliphatic carbocycles. The Hall–Kier alpha value is -1.01. The maximum Gasteiger partial charge on any atom is 0.233 e. The number of phenolic OH excluding ortho intramolecular Hbond substituents is 1. The van der Waals surface area contributed by atoms with Crippen LogP contribution in [-0.4, -0.2) is 10.9 Å². The molecule has 2 aromatic carbocycles. The number of ketones is 1. The fourth-order valence-electron chi connectivity index (χ4n) is 2.04. The van der Waals surface area contributed by atoms with Crippen LogP contribution in [0, 0.1) is 0 Å². The van der Waals surface area contributed by atoms with Crippen molar-refractivity contribution >= 4 is 66.9 Å². The number of carbonyl (C=O) groups excluding carboxylic acids is 1. The van der Waals surface area contributed by atoms with Gasteiger partial charge in [0.2, 0.25) is 5.78 Å². The van der Waals surface area contributed by atoms with Crippen molar-refractivity contribution in [2.24, 2.45) is 0 Å². The molecule has 3 rings (SSSR count). The molecule has 0 saturated carbocycles. The second kappa shape index (κ2) is 5.89. The van der Waals surface area contributed by atoms with Crippen LogP contribution >= 0.6 is 55.1 Å². The lowest BCUT2D eigenvalue weighted by Crippen LogP contribution is -1.98. The molecule has 112 valence electrons. The van der Waals surface area contributed by atoms with E-state index in [1.807, 2.05) is 0 Å². The van der Waals surface area contributed by atoms with E-state index < -0.39 is 0 Å². The van der Waals surface area contributed by atoms with E-state index in [1.54, 1.807) is 30.3 Å². The summed E-state index contributed by atoms with van der Waals surface area (Å²) in [6.07, 6.45) is 1.56. The van der Waals surface area contributed by atoms with Crippen LogP contribution in [0.4, 0.5) is 0 Å². The molecule has 1 heterocycles. The van der Waals surface area contributed by atoms with Crippen molar-refractivity contribution < 1.29 is 14.6 Å². The Labute approximate surface area is 152 Å².